The van der Waals surface area contributed by atoms with E-state index < -0.39 is 15.7 Å². The van der Waals surface area contributed by atoms with E-state index in [1.54, 1.807) is 13.8 Å². The maximum atomic E-state index is 12.1. The minimum Gasteiger partial charge on any atom is -0.409 e. The molecule has 20 heavy (non-hydrogen) atoms. The van der Waals surface area contributed by atoms with E-state index in [2.05, 4.69) is 14.6 Å². The second kappa shape index (κ2) is 7.24. The van der Waals surface area contributed by atoms with E-state index in [9.17, 15) is 8.42 Å². The lowest BCUT2D eigenvalue weighted by molar-refractivity contribution is 0.298. The van der Waals surface area contributed by atoms with Gasteiger partial charge in [-0.05, 0) is 26.7 Å². The fourth-order valence-corrected chi connectivity index (χ4v) is 4.11. The molecule has 5 N–H and O–H groups in total. The Morgan fingerprint density at radius 3 is 2.15 bits per heavy atom. The van der Waals surface area contributed by atoms with Gasteiger partial charge in [0.05, 0.1) is 5.54 Å². The summed E-state index contributed by atoms with van der Waals surface area (Å²) in [5.74, 6) is -0.0615. The zero-order valence-corrected chi connectivity index (χ0v) is 13.0. The molecule has 0 unspecified atom stereocenters. The van der Waals surface area contributed by atoms with Crippen LogP contribution in [0.1, 0.15) is 58.8 Å². The summed E-state index contributed by atoms with van der Waals surface area (Å²) in [7, 11) is -3.69. The van der Waals surface area contributed by atoms with E-state index in [1.165, 1.54) is 0 Å². The van der Waals surface area contributed by atoms with Crippen LogP contribution in [0, 0.1) is 0 Å². The van der Waals surface area contributed by atoms with Crippen LogP contribution in [-0.2, 0) is 10.2 Å². The first-order chi connectivity index (χ1) is 9.31. The van der Waals surface area contributed by atoms with Crippen LogP contribution in [0.4, 0.5) is 0 Å². The van der Waals surface area contributed by atoms with Gasteiger partial charge in [-0.2, -0.15) is 17.9 Å². The molecule has 1 saturated carbocycles. The molecular formula is C12H26N4O3S. The van der Waals surface area contributed by atoms with Gasteiger partial charge in [0.2, 0.25) is 0 Å². The van der Waals surface area contributed by atoms with Crippen molar-refractivity contribution >= 4 is 16.0 Å². The highest BCUT2D eigenvalue weighted by Crippen LogP contribution is 2.27. The molecule has 1 aliphatic carbocycles. The van der Waals surface area contributed by atoms with Crippen molar-refractivity contribution in [2.24, 2.45) is 10.9 Å². The van der Waals surface area contributed by atoms with Gasteiger partial charge in [0.15, 0.2) is 5.84 Å². The van der Waals surface area contributed by atoms with Crippen LogP contribution >= 0.6 is 0 Å². The number of amidine groups is 1. The van der Waals surface area contributed by atoms with E-state index in [-0.39, 0.29) is 11.9 Å². The van der Waals surface area contributed by atoms with E-state index in [4.69, 9.17) is 10.9 Å². The molecule has 0 aromatic rings. The number of nitrogens with two attached hydrogens (primary N) is 1. The third-order valence-electron chi connectivity index (χ3n) is 3.53. The average Bonchev–Trinajstić information content (AvgIpc) is 2.30. The molecule has 0 aromatic carbocycles. The molecule has 0 bridgehead atoms. The second-order valence-corrected chi connectivity index (χ2v) is 7.16. The Morgan fingerprint density at radius 1 is 1.20 bits per heavy atom. The minimum absolute atomic E-state index is 0.0615. The highest BCUT2D eigenvalue weighted by atomic mass is 32.2. The van der Waals surface area contributed by atoms with Gasteiger partial charge in [0.25, 0.3) is 10.2 Å². The number of oxime groups is 1. The lowest BCUT2D eigenvalue weighted by atomic mass is 9.84. The minimum atomic E-state index is -3.69. The first kappa shape index (κ1) is 17.2. The predicted octanol–water partition coefficient (Wildman–Crippen LogP) is 1.05. The molecule has 8 heteroatoms. The largest absolute Gasteiger partial charge is 0.409 e. The number of nitrogens with zero attached hydrogens (tertiary/aromatic N) is 1. The molecule has 0 radical (unpaired) electrons. The van der Waals surface area contributed by atoms with Gasteiger partial charge >= 0.3 is 0 Å². The van der Waals surface area contributed by atoms with Gasteiger partial charge < -0.3 is 10.9 Å². The standard InChI is InChI=1S/C12H26N4O3S/c1-10(2)15-20(18,19)16-12(11(13)14-17)8-6-4-3-5-7-9-12/h10,15-17H,3-9H2,1-2H3,(H2,13,14). The SMILES string of the molecule is CC(C)NS(=O)(=O)NC1(C(N)=NO)CCCCCCC1. The van der Waals surface area contributed by atoms with Crippen LogP contribution in [0.2, 0.25) is 0 Å². The molecule has 0 spiro atoms. The fourth-order valence-electron chi connectivity index (χ4n) is 2.61. The summed E-state index contributed by atoms with van der Waals surface area (Å²) in [5.41, 5.74) is 4.80. The Balaban J connectivity index is 2.98. The third kappa shape index (κ3) is 4.92. The van der Waals surface area contributed by atoms with Crippen molar-refractivity contribution in [3.8, 4) is 0 Å². The van der Waals surface area contributed by atoms with Gasteiger partial charge in [-0.1, -0.05) is 37.3 Å². The van der Waals surface area contributed by atoms with Crippen LogP contribution < -0.4 is 15.2 Å². The Labute approximate surface area is 121 Å². The highest BCUT2D eigenvalue weighted by molar-refractivity contribution is 7.87. The molecule has 7 nitrogen and oxygen atoms in total. The first-order valence-electron chi connectivity index (χ1n) is 7.10. The van der Waals surface area contributed by atoms with Crippen molar-refractivity contribution < 1.29 is 13.6 Å². The Hall–Kier alpha value is -0.860. The smallest absolute Gasteiger partial charge is 0.278 e. The van der Waals surface area contributed by atoms with Crippen LogP contribution in [0.5, 0.6) is 0 Å². The Morgan fingerprint density at radius 2 is 1.70 bits per heavy atom. The number of rotatable bonds is 5. The van der Waals surface area contributed by atoms with E-state index in [1.807, 2.05) is 0 Å². The lowest BCUT2D eigenvalue weighted by Gasteiger charge is -2.34. The van der Waals surface area contributed by atoms with Crippen LogP contribution in [-0.4, -0.2) is 31.0 Å². The van der Waals surface area contributed by atoms with E-state index >= 15 is 0 Å². The molecule has 118 valence electrons. The van der Waals surface area contributed by atoms with E-state index in [0.29, 0.717) is 12.8 Å². The van der Waals surface area contributed by atoms with Crippen LogP contribution in [0.3, 0.4) is 0 Å². The summed E-state index contributed by atoms with van der Waals surface area (Å²) in [6, 6.07) is -0.217. The lowest BCUT2D eigenvalue weighted by Crippen LogP contribution is -2.60. The summed E-state index contributed by atoms with van der Waals surface area (Å²) in [5, 5.41) is 12.1. The quantitative estimate of drug-likeness (QED) is 0.263. The van der Waals surface area contributed by atoms with Crippen LogP contribution in [0.25, 0.3) is 0 Å². The molecular weight excluding hydrogens is 280 g/mol. The molecule has 1 fully saturated rings. The highest BCUT2D eigenvalue weighted by Gasteiger charge is 2.39. The number of hydrogen-bond acceptors (Lipinski definition) is 4. The topological polar surface area (TPSA) is 117 Å². The molecule has 0 atom stereocenters. The maximum Gasteiger partial charge on any atom is 0.278 e. The van der Waals surface area contributed by atoms with Crippen molar-refractivity contribution in [1.82, 2.24) is 9.44 Å². The monoisotopic (exact) mass is 306 g/mol. The summed E-state index contributed by atoms with van der Waals surface area (Å²) in [4.78, 5) is 0. The van der Waals surface area contributed by atoms with Crippen molar-refractivity contribution in [3.63, 3.8) is 0 Å². The second-order valence-electron chi connectivity index (χ2n) is 5.71. The van der Waals surface area contributed by atoms with E-state index in [0.717, 1.165) is 32.1 Å². The molecule has 1 rings (SSSR count). The van der Waals surface area contributed by atoms with Gasteiger partial charge in [-0.25, -0.2) is 0 Å². The number of nitrogens with one attached hydrogen (secondary N) is 2. The molecule has 0 amide bonds. The van der Waals surface area contributed by atoms with Crippen molar-refractivity contribution in [2.45, 2.75) is 70.4 Å². The fraction of sp³-hybridized carbons (Fsp3) is 0.917. The Bertz CT molecular complexity index is 426. The molecule has 0 aromatic heterocycles. The van der Waals surface area contributed by atoms with Gasteiger partial charge in [-0.3, -0.25) is 0 Å². The maximum absolute atomic E-state index is 12.1. The summed E-state index contributed by atoms with van der Waals surface area (Å²) < 4.78 is 29.3. The van der Waals surface area contributed by atoms with Gasteiger partial charge in [0.1, 0.15) is 0 Å². The van der Waals surface area contributed by atoms with Gasteiger partial charge in [-0.15, -0.1) is 0 Å². The average molecular weight is 306 g/mol. The molecule has 0 saturated heterocycles. The summed E-state index contributed by atoms with van der Waals surface area (Å²) in [6.07, 6.45) is 5.98. The number of hydrogen-bond donors (Lipinski definition) is 4. The molecule has 1 aliphatic rings. The van der Waals surface area contributed by atoms with Crippen molar-refractivity contribution in [1.29, 1.82) is 0 Å². The normalized spacial score (nSPS) is 21.4. The van der Waals surface area contributed by atoms with Crippen molar-refractivity contribution in [3.05, 3.63) is 0 Å². The van der Waals surface area contributed by atoms with Crippen LogP contribution in [0.15, 0.2) is 5.16 Å². The first-order valence-corrected chi connectivity index (χ1v) is 8.59. The zero-order valence-electron chi connectivity index (χ0n) is 12.2. The molecule has 0 aliphatic heterocycles. The predicted molar refractivity (Wildman–Crippen MR) is 78.8 cm³/mol. The summed E-state index contributed by atoms with van der Waals surface area (Å²) >= 11 is 0. The van der Waals surface area contributed by atoms with Crippen molar-refractivity contribution in [2.75, 3.05) is 0 Å². The summed E-state index contributed by atoms with van der Waals surface area (Å²) in [6.45, 7) is 3.49. The zero-order chi connectivity index (χ0) is 15.2. The molecule has 0 heterocycles. The third-order valence-corrected chi connectivity index (χ3v) is 4.97. The Kier molecular flexibility index (Phi) is 6.22. The van der Waals surface area contributed by atoms with Gasteiger partial charge in [0, 0.05) is 6.04 Å².